The van der Waals surface area contributed by atoms with Gasteiger partial charge in [0.2, 0.25) is 0 Å². The Hall–Kier alpha value is -1.89. The summed E-state index contributed by atoms with van der Waals surface area (Å²) >= 11 is 0. The summed E-state index contributed by atoms with van der Waals surface area (Å²) in [5.74, 6) is 0.331. The second-order valence-corrected chi connectivity index (χ2v) is 4.34. The van der Waals surface area contributed by atoms with Crippen LogP contribution in [0.4, 0.5) is 0 Å². The van der Waals surface area contributed by atoms with Gasteiger partial charge in [0.15, 0.2) is 5.78 Å². The van der Waals surface area contributed by atoms with Crippen molar-refractivity contribution in [1.29, 1.82) is 0 Å². The number of hydrogen-bond donors (Lipinski definition) is 0. The molecule has 1 atom stereocenters. The highest BCUT2D eigenvalue weighted by molar-refractivity contribution is 5.91. The van der Waals surface area contributed by atoms with E-state index in [-0.39, 0.29) is 11.7 Å². The Balaban J connectivity index is 2.41. The second-order valence-electron chi connectivity index (χ2n) is 4.34. The van der Waals surface area contributed by atoms with Crippen LogP contribution in [0.1, 0.15) is 24.8 Å². The molecular weight excluding hydrogens is 208 g/mol. The Morgan fingerprint density at radius 1 is 1.24 bits per heavy atom. The summed E-state index contributed by atoms with van der Waals surface area (Å²) in [6.45, 7) is 5.61. The molecule has 1 heteroatoms. The van der Waals surface area contributed by atoms with E-state index >= 15 is 0 Å². The van der Waals surface area contributed by atoms with Crippen molar-refractivity contribution in [3.05, 3.63) is 60.7 Å². The molecular formula is C16H16O. The summed E-state index contributed by atoms with van der Waals surface area (Å²) < 4.78 is 0. The molecule has 1 nitrogen and oxygen atoms in total. The van der Waals surface area contributed by atoms with E-state index in [0.717, 1.165) is 0 Å². The van der Waals surface area contributed by atoms with E-state index in [9.17, 15) is 4.79 Å². The van der Waals surface area contributed by atoms with E-state index in [1.165, 1.54) is 22.4 Å². The molecule has 2 rings (SSSR count). The van der Waals surface area contributed by atoms with E-state index in [0.29, 0.717) is 6.42 Å². The predicted octanol–water partition coefficient (Wildman–Crippen LogP) is 4.09. The molecule has 0 fully saturated rings. The highest BCUT2D eigenvalue weighted by atomic mass is 16.1. The number of ketones is 1. The highest BCUT2D eigenvalue weighted by Crippen LogP contribution is 2.27. The molecule has 17 heavy (non-hydrogen) atoms. The smallest absolute Gasteiger partial charge is 0.155 e. The average Bonchev–Trinajstić information content (AvgIpc) is 2.37. The lowest BCUT2D eigenvalue weighted by Gasteiger charge is -2.13. The molecule has 0 aromatic heterocycles. The minimum atomic E-state index is 0.102. The molecule has 2 aromatic carbocycles. The molecule has 2 aromatic rings. The topological polar surface area (TPSA) is 17.1 Å². The lowest BCUT2D eigenvalue weighted by molar-refractivity contribution is -0.114. The van der Waals surface area contributed by atoms with Crippen molar-refractivity contribution in [2.75, 3.05) is 0 Å². The van der Waals surface area contributed by atoms with Crippen molar-refractivity contribution >= 4 is 16.6 Å². The average molecular weight is 224 g/mol. The fourth-order valence-electron chi connectivity index (χ4n) is 2.18. The minimum Gasteiger partial charge on any atom is -0.295 e. The van der Waals surface area contributed by atoms with Crippen molar-refractivity contribution in [2.45, 2.75) is 19.3 Å². The van der Waals surface area contributed by atoms with Crippen LogP contribution in [0.3, 0.4) is 0 Å². The lowest BCUT2D eigenvalue weighted by atomic mass is 9.91. The molecule has 0 aliphatic carbocycles. The van der Waals surface area contributed by atoms with E-state index in [1.807, 2.05) is 18.2 Å². The zero-order valence-electron chi connectivity index (χ0n) is 10.0. The maximum Gasteiger partial charge on any atom is 0.155 e. The molecule has 0 amide bonds. The summed E-state index contributed by atoms with van der Waals surface area (Å²) in [4.78, 5) is 11.4. The zero-order valence-corrected chi connectivity index (χ0v) is 10.0. The number of fused-ring (bicyclic) bond motifs is 1. The Kier molecular flexibility index (Phi) is 3.38. The standard InChI is InChI=1S/C16H16O/c1-3-14(17)11-12(2)15-10-6-8-13-7-4-5-9-16(13)15/h3-10,12H,1,11H2,2H3/t12-/m0/s1. The van der Waals surface area contributed by atoms with Crippen LogP contribution < -0.4 is 0 Å². The van der Waals surface area contributed by atoms with Crippen LogP contribution in [-0.4, -0.2) is 5.78 Å². The number of allylic oxidation sites excluding steroid dienone is 1. The largest absolute Gasteiger partial charge is 0.295 e. The van der Waals surface area contributed by atoms with Crippen molar-refractivity contribution in [2.24, 2.45) is 0 Å². The molecule has 0 radical (unpaired) electrons. The van der Waals surface area contributed by atoms with Crippen LogP contribution in [-0.2, 0) is 4.79 Å². The van der Waals surface area contributed by atoms with Crippen LogP contribution in [0, 0.1) is 0 Å². The van der Waals surface area contributed by atoms with Crippen molar-refractivity contribution in [3.63, 3.8) is 0 Å². The van der Waals surface area contributed by atoms with Gasteiger partial charge in [0.25, 0.3) is 0 Å². The van der Waals surface area contributed by atoms with Crippen LogP contribution in [0.25, 0.3) is 10.8 Å². The minimum absolute atomic E-state index is 0.102. The van der Waals surface area contributed by atoms with E-state index in [4.69, 9.17) is 0 Å². The maximum atomic E-state index is 11.4. The van der Waals surface area contributed by atoms with Crippen LogP contribution in [0.2, 0.25) is 0 Å². The van der Waals surface area contributed by atoms with Gasteiger partial charge in [0, 0.05) is 6.42 Å². The fourth-order valence-corrected chi connectivity index (χ4v) is 2.18. The van der Waals surface area contributed by atoms with Gasteiger partial charge in [-0.25, -0.2) is 0 Å². The number of hydrogen-bond acceptors (Lipinski definition) is 1. The van der Waals surface area contributed by atoms with E-state index < -0.39 is 0 Å². The SMILES string of the molecule is C=CC(=O)C[C@H](C)c1cccc2ccccc12. The number of rotatable bonds is 4. The van der Waals surface area contributed by atoms with Gasteiger partial charge in [-0.15, -0.1) is 0 Å². The fraction of sp³-hybridized carbons (Fsp3) is 0.188. The summed E-state index contributed by atoms with van der Waals surface area (Å²) in [7, 11) is 0. The molecule has 0 aliphatic heterocycles. The van der Waals surface area contributed by atoms with Crippen molar-refractivity contribution < 1.29 is 4.79 Å². The first-order valence-corrected chi connectivity index (χ1v) is 5.85. The van der Waals surface area contributed by atoms with Gasteiger partial charge < -0.3 is 0 Å². The van der Waals surface area contributed by atoms with E-state index in [2.05, 4.69) is 37.8 Å². The molecule has 86 valence electrons. The molecule has 0 spiro atoms. The summed E-state index contributed by atoms with van der Waals surface area (Å²) in [5.41, 5.74) is 1.23. The Bertz CT molecular complexity index is 549. The zero-order chi connectivity index (χ0) is 12.3. The van der Waals surface area contributed by atoms with Crippen LogP contribution in [0.5, 0.6) is 0 Å². The molecule has 0 aliphatic rings. The third-order valence-electron chi connectivity index (χ3n) is 3.09. The third kappa shape index (κ3) is 2.44. The van der Waals surface area contributed by atoms with E-state index in [1.54, 1.807) is 0 Å². The second kappa shape index (κ2) is 4.96. The van der Waals surface area contributed by atoms with Gasteiger partial charge in [0.05, 0.1) is 0 Å². The quantitative estimate of drug-likeness (QED) is 0.715. The monoisotopic (exact) mass is 224 g/mol. The summed E-state index contributed by atoms with van der Waals surface area (Å²) in [6, 6.07) is 14.5. The van der Waals surface area contributed by atoms with Crippen LogP contribution >= 0.6 is 0 Å². The molecule has 0 unspecified atom stereocenters. The third-order valence-corrected chi connectivity index (χ3v) is 3.09. The molecule has 0 heterocycles. The first-order valence-electron chi connectivity index (χ1n) is 5.85. The van der Waals surface area contributed by atoms with Crippen molar-refractivity contribution in [3.8, 4) is 0 Å². The van der Waals surface area contributed by atoms with Gasteiger partial charge in [-0.2, -0.15) is 0 Å². The van der Waals surface area contributed by atoms with Gasteiger partial charge in [0.1, 0.15) is 0 Å². The summed E-state index contributed by atoms with van der Waals surface area (Å²) in [5, 5.41) is 2.46. The van der Waals surface area contributed by atoms with Gasteiger partial charge in [-0.1, -0.05) is 56.0 Å². The van der Waals surface area contributed by atoms with Crippen molar-refractivity contribution in [1.82, 2.24) is 0 Å². The lowest BCUT2D eigenvalue weighted by Crippen LogP contribution is -2.01. The first kappa shape index (κ1) is 11.6. The Morgan fingerprint density at radius 2 is 1.94 bits per heavy atom. The van der Waals surface area contributed by atoms with Gasteiger partial charge in [-0.05, 0) is 28.3 Å². The maximum absolute atomic E-state index is 11.4. The van der Waals surface area contributed by atoms with Crippen LogP contribution in [0.15, 0.2) is 55.1 Å². The van der Waals surface area contributed by atoms with Gasteiger partial charge in [-0.3, -0.25) is 4.79 Å². The molecule has 0 saturated heterocycles. The summed E-state index contributed by atoms with van der Waals surface area (Å²) in [6.07, 6.45) is 1.93. The first-order chi connectivity index (χ1) is 8.22. The molecule has 0 bridgehead atoms. The predicted molar refractivity (Wildman–Crippen MR) is 72.2 cm³/mol. The number of carbonyl (C=O) groups is 1. The van der Waals surface area contributed by atoms with Gasteiger partial charge >= 0.3 is 0 Å². The molecule has 0 N–H and O–H groups in total. The Morgan fingerprint density at radius 3 is 2.71 bits per heavy atom. The number of benzene rings is 2. The highest BCUT2D eigenvalue weighted by Gasteiger charge is 2.11. The Labute approximate surface area is 102 Å². The normalized spacial score (nSPS) is 12.3. The number of carbonyl (C=O) groups excluding carboxylic acids is 1. The molecule has 0 saturated carbocycles.